The molecule has 134 valence electrons. The van der Waals surface area contributed by atoms with Crippen molar-refractivity contribution in [2.45, 2.75) is 52.0 Å². The molecule has 0 bridgehead atoms. The van der Waals surface area contributed by atoms with Crippen molar-refractivity contribution in [3.05, 3.63) is 71.8 Å². The monoisotopic (exact) mass is 341 g/mol. The lowest BCUT2D eigenvalue weighted by atomic mass is 10.0. The Morgan fingerprint density at radius 1 is 1.04 bits per heavy atom. The van der Waals surface area contributed by atoms with E-state index in [1.807, 2.05) is 88.4 Å². The highest BCUT2D eigenvalue weighted by molar-refractivity contribution is 5.68. The van der Waals surface area contributed by atoms with Crippen molar-refractivity contribution in [3.63, 3.8) is 0 Å². The first kappa shape index (κ1) is 19.0. The normalized spacial score (nSPS) is 13.8. The van der Waals surface area contributed by atoms with Gasteiger partial charge in [-0.05, 0) is 38.8 Å². The van der Waals surface area contributed by atoms with E-state index in [-0.39, 0.29) is 0 Å². The highest BCUT2D eigenvalue weighted by Gasteiger charge is 2.30. The third-order valence-electron chi connectivity index (χ3n) is 3.91. The zero-order valence-corrected chi connectivity index (χ0v) is 15.3. The second kappa shape index (κ2) is 8.17. The Bertz CT molecular complexity index is 665. The van der Waals surface area contributed by atoms with Crippen molar-refractivity contribution in [2.75, 3.05) is 0 Å². The number of hydrogen-bond donors (Lipinski definition) is 1. The molecular weight excluding hydrogens is 314 g/mol. The summed E-state index contributed by atoms with van der Waals surface area (Å²) in [6, 6.07) is 18.6. The lowest BCUT2D eigenvalue weighted by Gasteiger charge is -2.34. The Morgan fingerprint density at radius 3 is 2.08 bits per heavy atom. The van der Waals surface area contributed by atoms with Crippen LogP contribution in [0.3, 0.4) is 0 Å². The average molecular weight is 341 g/mol. The molecule has 2 atom stereocenters. The number of amides is 1. The molecule has 0 aliphatic heterocycles. The minimum atomic E-state index is -0.794. The van der Waals surface area contributed by atoms with Crippen LogP contribution in [0.4, 0.5) is 4.79 Å². The van der Waals surface area contributed by atoms with Crippen LogP contribution in [-0.2, 0) is 11.3 Å². The number of hydrogen-bond acceptors (Lipinski definition) is 3. The van der Waals surface area contributed by atoms with Crippen LogP contribution in [-0.4, -0.2) is 27.7 Å². The summed E-state index contributed by atoms with van der Waals surface area (Å²) in [6.45, 7) is 7.73. The van der Waals surface area contributed by atoms with Crippen molar-refractivity contribution < 1.29 is 14.6 Å². The van der Waals surface area contributed by atoms with Crippen molar-refractivity contribution in [1.82, 2.24) is 4.90 Å². The van der Waals surface area contributed by atoms with E-state index in [9.17, 15) is 9.90 Å². The molecule has 4 heteroatoms. The summed E-state index contributed by atoms with van der Waals surface area (Å²) < 4.78 is 5.56. The fourth-order valence-corrected chi connectivity index (χ4v) is 2.57. The maximum atomic E-state index is 12.7. The summed E-state index contributed by atoms with van der Waals surface area (Å²) in [4.78, 5) is 14.3. The molecule has 0 aliphatic rings. The lowest BCUT2D eigenvalue weighted by Crippen LogP contribution is -2.44. The van der Waals surface area contributed by atoms with Crippen molar-refractivity contribution >= 4 is 6.09 Å². The second-order valence-electron chi connectivity index (χ2n) is 7.19. The van der Waals surface area contributed by atoms with Crippen LogP contribution in [0.25, 0.3) is 0 Å². The van der Waals surface area contributed by atoms with Crippen LogP contribution in [0.1, 0.15) is 44.9 Å². The molecule has 0 radical (unpaired) electrons. The Kier molecular flexibility index (Phi) is 6.21. The standard InChI is InChI=1S/C21H27NO3/c1-16(19(23)18-13-9-6-10-14-18)22(20(24)25-21(2,3)4)15-17-11-7-5-8-12-17/h5-14,16,19,23H,15H2,1-4H3/t16-,19?/m0/s1. The number of benzene rings is 2. The van der Waals surface area contributed by atoms with Gasteiger partial charge >= 0.3 is 6.09 Å². The van der Waals surface area contributed by atoms with Gasteiger partial charge in [-0.3, -0.25) is 4.90 Å². The maximum Gasteiger partial charge on any atom is 0.410 e. The van der Waals surface area contributed by atoms with Crippen molar-refractivity contribution in [2.24, 2.45) is 0 Å². The maximum absolute atomic E-state index is 12.7. The molecule has 2 aromatic rings. The number of aliphatic hydroxyl groups is 1. The Labute approximate surface area is 150 Å². The molecule has 2 aromatic carbocycles. The van der Waals surface area contributed by atoms with E-state index in [0.717, 1.165) is 11.1 Å². The summed E-state index contributed by atoms with van der Waals surface area (Å²) >= 11 is 0. The van der Waals surface area contributed by atoms with E-state index in [4.69, 9.17) is 4.74 Å². The van der Waals surface area contributed by atoms with Gasteiger partial charge in [-0.2, -0.15) is 0 Å². The molecule has 0 aromatic heterocycles. The summed E-state index contributed by atoms with van der Waals surface area (Å²) in [5, 5.41) is 10.7. The van der Waals surface area contributed by atoms with E-state index >= 15 is 0 Å². The largest absolute Gasteiger partial charge is 0.444 e. The summed E-state index contributed by atoms with van der Waals surface area (Å²) in [7, 11) is 0. The van der Waals surface area contributed by atoms with Crippen LogP contribution in [0.5, 0.6) is 0 Å². The van der Waals surface area contributed by atoms with Gasteiger partial charge in [0.05, 0.1) is 12.1 Å². The number of rotatable bonds is 5. The molecular formula is C21H27NO3. The molecule has 0 heterocycles. The van der Waals surface area contributed by atoms with E-state index < -0.39 is 23.8 Å². The first-order valence-electron chi connectivity index (χ1n) is 8.54. The molecule has 4 nitrogen and oxygen atoms in total. The highest BCUT2D eigenvalue weighted by atomic mass is 16.6. The fraction of sp³-hybridized carbons (Fsp3) is 0.381. The highest BCUT2D eigenvalue weighted by Crippen LogP contribution is 2.24. The van der Waals surface area contributed by atoms with Gasteiger partial charge in [0.2, 0.25) is 0 Å². The van der Waals surface area contributed by atoms with Crippen LogP contribution in [0.2, 0.25) is 0 Å². The van der Waals surface area contributed by atoms with Crippen molar-refractivity contribution in [3.8, 4) is 0 Å². The zero-order chi connectivity index (χ0) is 18.4. The topological polar surface area (TPSA) is 49.8 Å². The molecule has 0 aliphatic carbocycles. The molecule has 1 N–H and O–H groups in total. The van der Waals surface area contributed by atoms with Gasteiger partial charge < -0.3 is 9.84 Å². The van der Waals surface area contributed by atoms with E-state index in [1.165, 1.54) is 0 Å². The summed E-state index contributed by atoms with van der Waals surface area (Å²) in [5.41, 5.74) is 1.17. The number of nitrogens with zero attached hydrogens (tertiary/aromatic N) is 1. The van der Waals surface area contributed by atoms with E-state index in [1.54, 1.807) is 4.90 Å². The Balaban J connectivity index is 2.24. The van der Waals surface area contributed by atoms with Crippen LogP contribution < -0.4 is 0 Å². The molecule has 0 saturated heterocycles. The quantitative estimate of drug-likeness (QED) is 0.868. The van der Waals surface area contributed by atoms with E-state index in [2.05, 4.69) is 0 Å². The summed E-state index contributed by atoms with van der Waals surface area (Å²) in [6.07, 6.45) is -1.23. The van der Waals surface area contributed by atoms with Gasteiger partial charge in [0, 0.05) is 6.54 Å². The minimum Gasteiger partial charge on any atom is -0.444 e. The molecule has 25 heavy (non-hydrogen) atoms. The number of aliphatic hydroxyl groups excluding tert-OH is 1. The van der Waals surface area contributed by atoms with Gasteiger partial charge in [-0.1, -0.05) is 60.7 Å². The third kappa shape index (κ3) is 5.61. The molecule has 1 unspecified atom stereocenters. The first-order chi connectivity index (χ1) is 11.8. The number of carbonyl (C=O) groups excluding carboxylic acids is 1. The summed E-state index contributed by atoms with van der Waals surface area (Å²) in [5.74, 6) is 0. The Hall–Kier alpha value is -2.33. The van der Waals surface area contributed by atoms with Gasteiger partial charge in [-0.15, -0.1) is 0 Å². The third-order valence-corrected chi connectivity index (χ3v) is 3.91. The molecule has 0 saturated carbocycles. The van der Waals surface area contributed by atoms with Gasteiger partial charge in [0.15, 0.2) is 0 Å². The lowest BCUT2D eigenvalue weighted by molar-refractivity contribution is -0.00535. The van der Waals surface area contributed by atoms with Gasteiger partial charge in [0.25, 0.3) is 0 Å². The fourth-order valence-electron chi connectivity index (χ4n) is 2.57. The number of carbonyl (C=O) groups is 1. The molecule has 0 fully saturated rings. The van der Waals surface area contributed by atoms with Crippen LogP contribution in [0.15, 0.2) is 60.7 Å². The SMILES string of the molecule is C[C@@H](C(O)c1ccccc1)N(Cc1ccccc1)C(=O)OC(C)(C)C. The molecule has 1 amide bonds. The predicted octanol–water partition coefficient (Wildman–Crippen LogP) is 4.55. The molecule has 0 spiro atoms. The first-order valence-corrected chi connectivity index (χ1v) is 8.54. The van der Waals surface area contributed by atoms with Gasteiger partial charge in [0.1, 0.15) is 5.60 Å². The number of ether oxygens (including phenoxy) is 1. The Morgan fingerprint density at radius 2 is 1.56 bits per heavy atom. The zero-order valence-electron chi connectivity index (χ0n) is 15.3. The average Bonchev–Trinajstić information content (AvgIpc) is 2.58. The van der Waals surface area contributed by atoms with Crippen LogP contribution in [0, 0.1) is 0 Å². The second-order valence-corrected chi connectivity index (χ2v) is 7.19. The predicted molar refractivity (Wildman–Crippen MR) is 99.1 cm³/mol. The van der Waals surface area contributed by atoms with Crippen molar-refractivity contribution in [1.29, 1.82) is 0 Å². The molecule has 2 rings (SSSR count). The van der Waals surface area contributed by atoms with Gasteiger partial charge in [-0.25, -0.2) is 4.79 Å². The smallest absolute Gasteiger partial charge is 0.410 e. The van der Waals surface area contributed by atoms with Crippen LogP contribution >= 0.6 is 0 Å². The van der Waals surface area contributed by atoms with E-state index in [0.29, 0.717) is 6.54 Å². The minimum absolute atomic E-state index is 0.376.